The lowest BCUT2D eigenvalue weighted by Gasteiger charge is -2.58. The van der Waals surface area contributed by atoms with Gasteiger partial charge >= 0.3 is 0 Å². The molecular formula is C23H23F2N7O. The molecule has 1 saturated carbocycles. The van der Waals surface area contributed by atoms with E-state index in [0.717, 1.165) is 41.3 Å². The quantitative estimate of drug-likeness (QED) is 0.609. The summed E-state index contributed by atoms with van der Waals surface area (Å²) in [5.41, 5.74) is 3.80. The molecule has 33 heavy (non-hydrogen) atoms. The van der Waals surface area contributed by atoms with Crippen molar-refractivity contribution in [1.29, 1.82) is 0 Å². The van der Waals surface area contributed by atoms with Gasteiger partial charge in [-0.1, -0.05) is 0 Å². The second kappa shape index (κ2) is 7.03. The van der Waals surface area contributed by atoms with Crippen molar-refractivity contribution in [3.05, 3.63) is 59.3 Å². The van der Waals surface area contributed by atoms with Crippen molar-refractivity contribution >= 4 is 11.7 Å². The molecule has 2 aliphatic heterocycles. The first kappa shape index (κ1) is 20.2. The molecule has 2 fully saturated rings. The average Bonchev–Trinajstić information content (AvgIpc) is 3.29. The predicted octanol–water partition coefficient (Wildman–Crippen LogP) is 2.80. The molecule has 0 atom stereocenters. The molecular weight excluding hydrogens is 428 g/mol. The van der Waals surface area contributed by atoms with Crippen molar-refractivity contribution in [1.82, 2.24) is 29.9 Å². The van der Waals surface area contributed by atoms with Crippen molar-refractivity contribution in [2.75, 3.05) is 24.5 Å². The van der Waals surface area contributed by atoms with Gasteiger partial charge in [0, 0.05) is 68.9 Å². The third kappa shape index (κ3) is 3.44. The topological polar surface area (TPSA) is 80.0 Å². The highest BCUT2D eigenvalue weighted by Gasteiger charge is 2.62. The number of carbonyl (C=O) groups is 1. The Kier molecular flexibility index (Phi) is 4.30. The molecule has 3 aromatic rings. The van der Waals surface area contributed by atoms with Gasteiger partial charge < -0.3 is 9.80 Å². The fraction of sp³-hybridized carbons (Fsp3) is 0.435. The molecule has 1 saturated heterocycles. The maximum atomic E-state index is 13.2. The van der Waals surface area contributed by atoms with Gasteiger partial charge in [0.05, 0.1) is 11.9 Å². The Morgan fingerprint density at radius 3 is 2.67 bits per heavy atom. The highest BCUT2D eigenvalue weighted by atomic mass is 19.3. The lowest BCUT2D eigenvalue weighted by Crippen LogP contribution is -2.66. The van der Waals surface area contributed by atoms with Crippen LogP contribution in [0.15, 0.2) is 36.8 Å². The van der Waals surface area contributed by atoms with Gasteiger partial charge in [-0.25, -0.2) is 13.5 Å². The number of nitrogens with zero attached hydrogens (tertiary/aromatic N) is 7. The number of pyridine rings is 1. The number of aromatic nitrogens is 5. The van der Waals surface area contributed by atoms with Crippen molar-refractivity contribution in [2.24, 2.45) is 5.41 Å². The summed E-state index contributed by atoms with van der Waals surface area (Å²) < 4.78 is 28.2. The molecule has 10 heteroatoms. The Labute approximate surface area is 189 Å². The number of rotatable bonds is 3. The second-order valence-electron chi connectivity index (χ2n) is 9.53. The van der Waals surface area contributed by atoms with Gasteiger partial charge in [-0.05, 0) is 36.2 Å². The standard InChI is InChI=1S/C23H23F2N7O/c1-15-7-19(21(33)31-13-22(14-31)11-23(24,25)12-22)28-29-20(15)30-6-3-18-16(10-30)8-17(9-26-18)32-5-2-4-27-32/h2,4-5,7-9H,3,6,10-14H2,1H3. The summed E-state index contributed by atoms with van der Waals surface area (Å²) >= 11 is 0. The second-order valence-corrected chi connectivity index (χ2v) is 9.53. The molecule has 1 spiro atoms. The van der Waals surface area contributed by atoms with Gasteiger partial charge in [-0.2, -0.15) is 5.10 Å². The molecule has 8 nitrogen and oxygen atoms in total. The Morgan fingerprint density at radius 2 is 1.97 bits per heavy atom. The minimum Gasteiger partial charge on any atom is -0.350 e. The summed E-state index contributed by atoms with van der Waals surface area (Å²) in [6.45, 7) is 4.06. The molecule has 0 N–H and O–H groups in total. The summed E-state index contributed by atoms with van der Waals surface area (Å²) in [4.78, 5) is 21.1. The van der Waals surface area contributed by atoms with Crippen LogP contribution in [0.3, 0.4) is 0 Å². The summed E-state index contributed by atoms with van der Waals surface area (Å²) in [7, 11) is 0. The van der Waals surface area contributed by atoms with E-state index in [1.807, 2.05) is 25.4 Å². The number of alkyl halides is 2. The number of likely N-dealkylation sites (tertiary alicyclic amines) is 1. The van der Waals surface area contributed by atoms with Crippen molar-refractivity contribution in [2.45, 2.75) is 38.7 Å². The first-order valence-corrected chi connectivity index (χ1v) is 11.1. The number of hydrogen-bond donors (Lipinski definition) is 0. The molecule has 6 rings (SSSR count). The number of carbonyl (C=O) groups excluding carboxylic acids is 1. The highest BCUT2D eigenvalue weighted by Crippen LogP contribution is 2.56. The van der Waals surface area contributed by atoms with Gasteiger partial charge in [-0.15, -0.1) is 10.2 Å². The zero-order valence-electron chi connectivity index (χ0n) is 18.2. The van der Waals surface area contributed by atoms with Crippen LogP contribution in [0.2, 0.25) is 0 Å². The Morgan fingerprint density at radius 1 is 1.15 bits per heavy atom. The third-order valence-electron chi connectivity index (χ3n) is 6.88. The molecule has 0 aromatic carbocycles. The number of hydrogen-bond acceptors (Lipinski definition) is 6. The third-order valence-corrected chi connectivity index (χ3v) is 6.88. The number of anilines is 1. The molecule has 1 amide bonds. The number of halogens is 2. The molecule has 0 bridgehead atoms. The van der Waals surface area contributed by atoms with Gasteiger partial charge in [0.1, 0.15) is 0 Å². The molecule has 1 aliphatic carbocycles. The van der Waals surface area contributed by atoms with E-state index in [-0.39, 0.29) is 24.4 Å². The maximum absolute atomic E-state index is 13.2. The van der Waals surface area contributed by atoms with E-state index < -0.39 is 11.3 Å². The maximum Gasteiger partial charge on any atom is 0.274 e. The number of aryl methyl sites for hydroxylation is 1. The Balaban J connectivity index is 1.16. The van der Waals surface area contributed by atoms with E-state index in [1.54, 1.807) is 21.8 Å². The van der Waals surface area contributed by atoms with Crippen LogP contribution in [0.4, 0.5) is 14.6 Å². The smallest absolute Gasteiger partial charge is 0.274 e. The summed E-state index contributed by atoms with van der Waals surface area (Å²) in [6.07, 6.45) is 5.98. The van der Waals surface area contributed by atoms with Crippen LogP contribution >= 0.6 is 0 Å². The lowest BCUT2D eigenvalue weighted by molar-refractivity contribution is -0.204. The highest BCUT2D eigenvalue weighted by molar-refractivity contribution is 5.93. The van der Waals surface area contributed by atoms with Crippen LogP contribution in [-0.2, 0) is 13.0 Å². The summed E-state index contributed by atoms with van der Waals surface area (Å²) in [6, 6.07) is 5.71. The van der Waals surface area contributed by atoms with E-state index in [9.17, 15) is 13.6 Å². The van der Waals surface area contributed by atoms with Crippen LogP contribution in [0.1, 0.15) is 40.2 Å². The van der Waals surface area contributed by atoms with Crippen LogP contribution in [0, 0.1) is 12.3 Å². The average molecular weight is 451 g/mol. The number of fused-ring (bicyclic) bond motifs is 1. The Hall–Kier alpha value is -3.43. The zero-order valence-corrected chi connectivity index (χ0v) is 18.2. The van der Waals surface area contributed by atoms with Crippen LogP contribution in [0.5, 0.6) is 0 Å². The van der Waals surface area contributed by atoms with Crippen LogP contribution in [0.25, 0.3) is 5.69 Å². The van der Waals surface area contributed by atoms with E-state index in [0.29, 0.717) is 19.6 Å². The zero-order chi connectivity index (χ0) is 22.8. The van der Waals surface area contributed by atoms with Gasteiger partial charge in [0.25, 0.3) is 5.91 Å². The minimum atomic E-state index is -2.57. The largest absolute Gasteiger partial charge is 0.350 e. The van der Waals surface area contributed by atoms with E-state index in [2.05, 4.69) is 31.2 Å². The van der Waals surface area contributed by atoms with Crippen molar-refractivity contribution in [3.63, 3.8) is 0 Å². The summed E-state index contributed by atoms with van der Waals surface area (Å²) in [5, 5.41) is 12.8. The first-order valence-electron chi connectivity index (χ1n) is 11.1. The van der Waals surface area contributed by atoms with Crippen molar-refractivity contribution in [3.8, 4) is 5.69 Å². The molecule has 170 valence electrons. The predicted molar refractivity (Wildman–Crippen MR) is 115 cm³/mol. The lowest BCUT2D eigenvalue weighted by atomic mass is 9.61. The van der Waals surface area contributed by atoms with E-state index in [1.165, 1.54) is 0 Å². The van der Waals surface area contributed by atoms with E-state index in [4.69, 9.17) is 0 Å². The van der Waals surface area contributed by atoms with Gasteiger partial charge in [0.15, 0.2) is 11.5 Å². The van der Waals surface area contributed by atoms with E-state index >= 15 is 0 Å². The SMILES string of the molecule is Cc1cc(C(=O)N2CC3(C2)CC(F)(F)C3)nnc1N1CCc2ncc(-n3cccn3)cc2C1. The molecule has 5 heterocycles. The monoisotopic (exact) mass is 451 g/mol. The number of amides is 1. The molecule has 0 unspecified atom stereocenters. The molecule has 0 radical (unpaired) electrons. The fourth-order valence-electron chi connectivity index (χ4n) is 5.38. The van der Waals surface area contributed by atoms with Gasteiger partial charge in [-0.3, -0.25) is 9.78 Å². The summed E-state index contributed by atoms with van der Waals surface area (Å²) in [5.74, 6) is -2.08. The first-order chi connectivity index (χ1) is 15.8. The van der Waals surface area contributed by atoms with Crippen LogP contribution < -0.4 is 4.90 Å². The Bertz CT molecular complexity index is 1230. The fourth-order valence-corrected chi connectivity index (χ4v) is 5.38. The normalized spacial score (nSPS) is 20.2. The van der Waals surface area contributed by atoms with Gasteiger partial charge in [0.2, 0.25) is 5.92 Å². The molecule has 3 aliphatic rings. The molecule has 3 aromatic heterocycles. The minimum absolute atomic E-state index is 0.124. The van der Waals surface area contributed by atoms with Crippen LogP contribution in [-0.4, -0.2) is 61.3 Å². The van der Waals surface area contributed by atoms with Crippen molar-refractivity contribution < 1.29 is 13.6 Å².